The van der Waals surface area contributed by atoms with Crippen LogP contribution in [0.15, 0.2) is 23.1 Å². The second kappa shape index (κ2) is 6.37. The molecule has 1 aliphatic rings. The summed E-state index contributed by atoms with van der Waals surface area (Å²) < 4.78 is 10.3. The van der Waals surface area contributed by atoms with Crippen LogP contribution in [0.25, 0.3) is 6.08 Å². The topological polar surface area (TPSA) is 55.8 Å². The van der Waals surface area contributed by atoms with E-state index in [2.05, 4.69) is 5.92 Å². The fourth-order valence-corrected chi connectivity index (χ4v) is 2.66. The van der Waals surface area contributed by atoms with Gasteiger partial charge >= 0.3 is 0 Å². The quantitative estimate of drug-likeness (QED) is 0.631. The molecule has 1 heterocycles. The molecule has 2 rings (SSSR count). The highest BCUT2D eigenvalue weighted by Gasteiger charge is 2.34. The van der Waals surface area contributed by atoms with Gasteiger partial charge in [-0.1, -0.05) is 12.0 Å². The van der Waals surface area contributed by atoms with Crippen LogP contribution < -0.4 is 9.47 Å². The van der Waals surface area contributed by atoms with Gasteiger partial charge in [-0.15, -0.1) is 6.42 Å². The molecule has 0 radical (unpaired) electrons. The maximum Gasteiger partial charge on any atom is 0.294 e. The van der Waals surface area contributed by atoms with E-state index in [9.17, 15) is 9.59 Å². The first-order chi connectivity index (χ1) is 10.1. The van der Waals surface area contributed by atoms with Gasteiger partial charge in [-0.3, -0.25) is 14.5 Å². The Morgan fingerprint density at radius 3 is 2.62 bits per heavy atom. The Balaban J connectivity index is 2.31. The number of methoxy groups -OCH3 is 2. The summed E-state index contributed by atoms with van der Waals surface area (Å²) in [6, 6.07) is 5.24. The van der Waals surface area contributed by atoms with Crippen LogP contribution in [0.4, 0.5) is 4.79 Å². The van der Waals surface area contributed by atoms with Gasteiger partial charge in [0.25, 0.3) is 11.1 Å². The lowest BCUT2D eigenvalue weighted by molar-refractivity contribution is -0.122. The minimum atomic E-state index is -0.377. The molecular formula is C15H13NO4S. The number of ether oxygens (including phenoxy) is 2. The zero-order valence-electron chi connectivity index (χ0n) is 11.6. The highest BCUT2D eigenvalue weighted by atomic mass is 32.2. The number of rotatable bonds is 4. The highest BCUT2D eigenvalue weighted by Crippen LogP contribution is 2.34. The van der Waals surface area contributed by atoms with Crippen LogP contribution in [0.1, 0.15) is 5.56 Å². The number of nitrogens with zero attached hydrogens (tertiary/aromatic N) is 1. The van der Waals surface area contributed by atoms with E-state index in [1.807, 2.05) is 0 Å². The number of carbonyl (C=O) groups is 2. The molecule has 0 atom stereocenters. The number of benzene rings is 1. The number of hydrogen-bond acceptors (Lipinski definition) is 5. The Bertz CT molecular complexity index is 660. The standard InChI is InChI=1S/C15H13NO4S/c1-4-7-16-14(17)13(21-15(16)18)9-10-5-6-11(19-2)12(8-10)20-3/h1,5-6,8-9H,7H2,2-3H3/b13-9+. The molecule has 6 heteroatoms. The molecule has 0 N–H and O–H groups in total. The van der Waals surface area contributed by atoms with E-state index < -0.39 is 0 Å². The second-order valence-electron chi connectivity index (χ2n) is 4.09. The third-order valence-electron chi connectivity index (χ3n) is 2.83. The van der Waals surface area contributed by atoms with Gasteiger partial charge in [0.15, 0.2) is 11.5 Å². The largest absolute Gasteiger partial charge is 0.493 e. The summed E-state index contributed by atoms with van der Waals surface area (Å²) in [5, 5.41) is -0.357. The summed E-state index contributed by atoms with van der Waals surface area (Å²) in [6.07, 6.45) is 6.77. The van der Waals surface area contributed by atoms with Crippen molar-refractivity contribution in [3.05, 3.63) is 28.7 Å². The van der Waals surface area contributed by atoms with Crippen LogP contribution in [0.3, 0.4) is 0 Å². The second-order valence-corrected chi connectivity index (χ2v) is 5.08. The van der Waals surface area contributed by atoms with E-state index in [1.165, 1.54) is 7.11 Å². The molecule has 0 bridgehead atoms. The molecule has 0 unspecified atom stereocenters. The van der Waals surface area contributed by atoms with Crippen molar-refractivity contribution in [2.24, 2.45) is 0 Å². The molecule has 1 aliphatic heterocycles. The maximum atomic E-state index is 12.1. The minimum Gasteiger partial charge on any atom is -0.493 e. The van der Waals surface area contributed by atoms with E-state index in [-0.39, 0.29) is 17.7 Å². The van der Waals surface area contributed by atoms with Gasteiger partial charge in [0, 0.05) is 0 Å². The number of thioether (sulfide) groups is 1. The molecule has 2 amide bonds. The summed E-state index contributed by atoms with van der Waals surface area (Å²) in [6.45, 7) is -0.0199. The van der Waals surface area contributed by atoms with Crippen molar-refractivity contribution in [1.29, 1.82) is 0 Å². The number of terminal acetylenes is 1. The van der Waals surface area contributed by atoms with Gasteiger partial charge in [0.05, 0.1) is 25.7 Å². The van der Waals surface area contributed by atoms with Crippen molar-refractivity contribution < 1.29 is 19.1 Å². The zero-order chi connectivity index (χ0) is 15.4. The highest BCUT2D eigenvalue weighted by molar-refractivity contribution is 8.18. The van der Waals surface area contributed by atoms with Crippen molar-refractivity contribution in [3.63, 3.8) is 0 Å². The normalized spacial score (nSPS) is 16.2. The Morgan fingerprint density at radius 1 is 1.29 bits per heavy atom. The van der Waals surface area contributed by atoms with Crippen LogP contribution in [0.5, 0.6) is 11.5 Å². The Labute approximate surface area is 126 Å². The predicted octanol–water partition coefficient (Wildman–Crippen LogP) is 2.37. The van der Waals surface area contributed by atoms with Crippen molar-refractivity contribution in [3.8, 4) is 23.8 Å². The number of imide groups is 1. The average Bonchev–Trinajstić information content (AvgIpc) is 2.75. The molecule has 5 nitrogen and oxygen atoms in total. The number of hydrogen-bond donors (Lipinski definition) is 0. The SMILES string of the molecule is C#CCN1C(=O)S/C(=C/c2ccc(OC)c(OC)c2)C1=O. The molecule has 21 heavy (non-hydrogen) atoms. The Hall–Kier alpha value is -2.39. The number of amides is 2. The molecule has 0 spiro atoms. The first-order valence-electron chi connectivity index (χ1n) is 6.01. The Kier molecular flexibility index (Phi) is 4.55. The first kappa shape index (κ1) is 15.0. The molecule has 1 fully saturated rings. The van der Waals surface area contributed by atoms with Gasteiger partial charge in [0.2, 0.25) is 0 Å². The van der Waals surface area contributed by atoms with E-state index in [4.69, 9.17) is 15.9 Å². The third kappa shape index (κ3) is 3.03. The third-order valence-corrected chi connectivity index (χ3v) is 3.74. The summed E-state index contributed by atoms with van der Waals surface area (Å²) in [5.74, 6) is 3.06. The van der Waals surface area contributed by atoms with E-state index in [1.54, 1.807) is 31.4 Å². The molecule has 1 aromatic rings. The van der Waals surface area contributed by atoms with Gasteiger partial charge in [0.1, 0.15) is 0 Å². The van der Waals surface area contributed by atoms with Crippen molar-refractivity contribution in [2.75, 3.05) is 20.8 Å². The van der Waals surface area contributed by atoms with Gasteiger partial charge in [-0.05, 0) is 35.5 Å². The van der Waals surface area contributed by atoms with Gasteiger partial charge < -0.3 is 9.47 Å². The van der Waals surface area contributed by atoms with Crippen LogP contribution in [-0.4, -0.2) is 36.8 Å². The summed E-state index contributed by atoms with van der Waals surface area (Å²) in [7, 11) is 3.07. The molecule has 108 valence electrons. The monoisotopic (exact) mass is 303 g/mol. The van der Waals surface area contributed by atoms with Gasteiger partial charge in [-0.2, -0.15) is 0 Å². The lowest BCUT2D eigenvalue weighted by Gasteiger charge is -2.08. The minimum absolute atomic E-state index is 0.0199. The van der Waals surface area contributed by atoms with Crippen LogP contribution >= 0.6 is 11.8 Å². The zero-order valence-corrected chi connectivity index (χ0v) is 12.4. The van der Waals surface area contributed by atoms with E-state index in [0.29, 0.717) is 16.4 Å². The maximum absolute atomic E-state index is 12.1. The van der Waals surface area contributed by atoms with E-state index >= 15 is 0 Å². The number of carbonyl (C=O) groups excluding carboxylic acids is 2. The molecule has 0 aromatic heterocycles. The molecule has 1 aromatic carbocycles. The lowest BCUT2D eigenvalue weighted by atomic mass is 10.2. The summed E-state index contributed by atoms with van der Waals surface area (Å²) in [4.78, 5) is 25.1. The van der Waals surface area contributed by atoms with Crippen molar-refractivity contribution >= 4 is 29.0 Å². The fourth-order valence-electron chi connectivity index (χ4n) is 1.82. The Morgan fingerprint density at radius 2 is 2.00 bits per heavy atom. The lowest BCUT2D eigenvalue weighted by Crippen LogP contribution is -2.28. The predicted molar refractivity (Wildman–Crippen MR) is 81.1 cm³/mol. The average molecular weight is 303 g/mol. The van der Waals surface area contributed by atoms with Crippen molar-refractivity contribution in [1.82, 2.24) is 4.90 Å². The van der Waals surface area contributed by atoms with Gasteiger partial charge in [-0.25, -0.2) is 0 Å². The molecule has 1 saturated heterocycles. The molecule has 0 saturated carbocycles. The van der Waals surface area contributed by atoms with Crippen LogP contribution in [-0.2, 0) is 4.79 Å². The first-order valence-corrected chi connectivity index (χ1v) is 6.83. The fraction of sp³-hybridized carbons (Fsp3) is 0.200. The molecule has 0 aliphatic carbocycles. The van der Waals surface area contributed by atoms with Crippen molar-refractivity contribution in [2.45, 2.75) is 0 Å². The molecular weight excluding hydrogens is 290 g/mol. The summed E-state index contributed by atoms with van der Waals surface area (Å²) >= 11 is 0.871. The van der Waals surface area contributed by atoms with Crippen LogP contribution in [0, 0.1) is 12.3 Å². The van der Waals surface area contributed by atoms with Crippen LogP contribution in [0.2, 0.25) is 0 Å². The smallest absolute Gasteiger partial charge is 0.294 e. The summed E-state index contributed by atoms with van der Waals surface area (Å²) in [5.41, 5.74) is 0.735. The van der Waals surface area contributed by atoms with E-state index in [0.717, 1.165) is 22.2 Å².